The Morgan fingerprint density at radius 2 is 1.62 bits per heavy atom. The predicted octanol–water partition coefficient (Wildman–Crippen LogP) is -0.656. The van der Waals surface area contributed by atoms with Gasteiger partial charge in [-0.2, -0.15) is 13.2 Å². The van der Waals surface area contributed by atoms with Crippen LogP contribution in [0.15, 0.2) is 0 Å². The molecule has 0 aliphatic carbocycles. The van der Waals surface area contributed by atoms with Crippen molar-refractivity contribution in [3.8, 4) is 0 Å². The zero-order chi connectivity index (χ0) is 12.1. The standard InChI is InChI=1S/C7H12F4O3S.Na/c8-6(15(12,13)14)4-2-1-3-5-7(9,10)11;/h6H,1-5H2,(H,12,13,14);/q;+1/p-1. The fourth-order valence-electron chi connectivity index (χ4n) is 0.951. The van der Waals surface area contributed by atoms with Gasteiger partial charge in [0.2, 0.25) is 0 Å². The summed E-state index contributed by atoms with van der Waals surface area (Å²) in [5, 5.41) is 0. The summed E-state index contributed by atoms with van der Waals surface area (Å²) < 4.78 is 77.4. The molecule has 0 amide bonds. The molecule has 0 aliphatic rings. The summed E-state index contributed by atoms with van der Waals surface area (Å²) in [4.78, 5) is 0. The van der Waals surface area contributed by atoms with Crippen LogP contribution in [0.2, 0.25) is 0 Å². The van der Waals surface area contributed by atoms with Gasteiger partial charge >= 0.3 is 35.7 Å². The molecule has 0 heterocycles. The van der Waals surface area contributed by atoms with Crippen molar-refractivity contribution in [2.24, 2.45) is 0 Å². The van der Waals surface area contributed by atoms with E-state index in [1.54, 1.807) is 0 Å². The molecule has 0 saturated carbocycles. The molecular weight excluding hydrogens is 263 g/mol. The smallest absolute Gasteiger partial charge is 0.746 e. The molecule has 92 valence electrons. The van der Waals surface area contributed by atoms with E-state index in [9.17, 15) is 30.5 Å². The maximum atomic E-state index is 12.4. The van der Waals surface area contributed by atoms with Gasteiger partial charge in [0.1, 0.15) is 10.1 Å². The van der Waals surface area contributed by atoms with Crippen molar-refractivity contribution in [1.82, 2.24) is 0 Å². The first-order valence-electron chi connectivity index (χ1n) is 4.28. The van der Waals surface area contributed by atoms with Gasteiger partial charge in [-0.15, -0.1) is 0 Å². The fraction of sp³-hybridized carbons (Fsp3) is 1.00. The SMILES string of the molecule is O=S(=O)([O-])C(F)CCCCCC(F)(F)F.[Na+]. The van der Waals surface area contributed by atoms with E-state index in [4.69, 9.17) is 0 Å². The third-order valence-corrected chi connectivity index (χ3v) is 2.57. The number of hydrogen-bond donors (Lipinski definition) is 0. The van der Waals surface area contributed by atoms with Crippen molar-refractivity contribution in [3.63, 3.8) is 0 Å². The van der Waals surface area contributed by atoms with Crippen molar-refractivity contribution in [1.29, 1.82) is 0 Å². The Kier molecular flexibility index (Phi) is 9.33. The first kappa shape index (κ1) is 19.0. The van der Waals surface area contributed by atoms with E-state index in [-0.39, 0.29) is 48.8 Å². The van der Waals surface area contributed by atoms with E-state index >= 15 is 0 Å². The third-order valence-electron chi connectivity index (χ3n) is 1.70. The van der Waals surface area contributed by atoms with Crippen molar-refractivity contribution in [2.45, 2.75) is 43.8 Å². The second-order valence-corrected chi connectivity index (χ2v) is 4.61. The van der Waals surface area contributed by atoms with E-state index in [1.165, 1.54) is 0 Å². The Morgan fingerprint density at radius 1 is 1.12 bits per heavy atom. The van der Waals surface area contributed by atoms with Gasteiger partial charge in [-0.25, -0.2) is 12.8 Å². The van der Waals surface area contributed by atoms with Crippen LogP contribution >= 0.6 is 0 Å². The predicted molar refractivity (Wildman–Crippen MR) is 43.7 cm³/mol. The van der Waals surface area contributed by atoms with Crippen LogP contribution in [0.5, 0.6) is 0 Å². The van der Waals surface area contributed by atoms with Crippen LogP contribution in [-0.2, 0) is 10.1 Å². The molecule has 0 bridgehead atoms. The summed E-state index contributed by atoms with van der Waals surface area (Å²) in [6.45, 7) is 0. The van der Waals surface area contributed by atoms with Gasteiger partial charge in [-0.05, 0) is 19.3 Å². The number of unbranched alkanes of at least 4 members (excludes halogenated alkanes) is 2. The Balaban J connectivity index is 0. The van der Waals surface area contributed by atoms with Gasteiger partial charge in [0.05, 0.1) is 0 Å². The zero-order valence-electron chi connectivity index (χ0n) is 8.76. The Hall–Kier alpha value is 0.630. The normalized spacial score (nSPS) is 14.3. The van der Waals surface area contributed by atoms with Crippen molar-refractivity contribution in [3.05, 3.63) is 0 Å². The van der Waals surface area contributed by atoms with Gasteiger partial charge in [0.25, 0.3) is 0 Å². The molecule has 0 aromatic rings. The topological polar surface area (TPSA) is 57.2 Å². The minimum Gasteiger partial charge on any atom is -0.746 e. The van der Waals surface area contributed by atoms with Crippen LogP contribution in [0.25, 0.3) is 0 Å². The second-order valence-electron chi connectivity index (χ2n) is 3.12. The van der Waals surface area contributed by atoms with Crippen molar-refractivity contribution in [2.75, 3.05) is 0 Å². The molecular formula is C7H11F4NaO3S. The average Bonchev–Trinajstić information content (AvgIpc) is 1.99. The molecule has 9 heteroatoms. The third kappa shape index (κ3) is 11.1. The van der Waals surface area contributed by atoms with Gasteiger partial charge in [-0.3, -0.25) is 0 Å². The first-order valence-corrected chi connectivity index (χ1v) is 5.75. The largest absolute Gasteiger partial charge is 1.00 e. The Labute approximate surface area is 114 Å². The maximum Gasteiger partial charge on any atom is 1.00 e. The molecule has 3 nitrogen and oxygen atoms in total. The van der Waals surface area contributed by atoms with E-state index in [0.29, 0.717) is 0 Å². The zero-order valence-corrected chi connectivity index (χ0v) is 11.6. The van der Waals surface area contributed by atoms with E-state index in [0.717, 1.165) is 0 Å². The molecule has 0 rings (SSSR count). The van der Waals surface area contributed by atoms with Crippen LogP contribution in [0.1, 0.15) is 32.1 Å². The minimum absolute atomic E-state index is 0. The monoisotopic (exact) mass is 274 g/mol. The maximum absolute atomic E-state index is 12.4. The van der Waals surface area contributed by atoms with Crippen LogP contribution in [-0.4, -0.2) is 24.7 Å². The quantitative estimate of drug-likeness (QED) is 0.280. The van der Waals surface area contributed by atoms with E-state index in [2.05, 4.69) is 0 Å². The summed E-state index contributed by atoms with van der Waals surface area (Å²) in [7, 11) is -4.96. The molecule has 0 aromatic heterocycles. The molecule has 0 spiro atoms. The second kappa shape index (κ2) is 7.86. The van der Waals surface area contributed by atoms with Gasteiger partial charge in [0.15, 0.2) is 5.50 Å². The average molecular weight is 274 g/mol. The molecule has 1 unspecified atom stereocenters. The molecule has 0 saturated heterocycles. The number of halogens is 4. The van der Waals surface area contributed by atoms with Crippen molar-refractivity contribution >= 4 is 10.1 Å². The molecule has 16 heavy (non-hydrogen) atoms. The Morgan fingerprint density at radius 3 is 2.00 bits per heavy atom. The van der Waals surface area contributed by atoms with E-state index < -0.39 is 34.6 Å². The number of rotatable bonds is 6. The van der Waals surface area contributed by atoms with Crippen LogP contribution in [0, 0.1) is 0 Å². The summed E-state index contributed by atoms with van der Waals surface area (Å²) >= 11 is 0. The molecule has 0 N–H and O–H groups in total. The van der Waals surface area contributed by atoms with Crippen molar-refractivity contribution < 1.29 is 60.1 Å². The van der Waals surface area contributed by atoms with Gasteiger partial charge < -0.3 is 4.55 Å². The molecule has 0 radical (unpaired) electrons. The molecule has 1 atom stereocenters. The van der Waals surface area contributed by atoms with Crippen LogP contribution in [0.3, 0.4) is 0 Å². The first-order chi connectivity index (χ1) is 6.63. The minimum atomic E-state index is -4.96. The van der Waals surface area contributed by atoms with Crippen LogP contribution < -0.4 is 29.6 Å². The molecule has 0 aromatic carbocycles. The van der Waals surface area contributed by atoms with E-state index in [1.807, 2.05) is 0 Å². The summed E-state index contributed by atoms with van der Waals surface area (Å²) in [5.41, 5.74) is -2.51. The molecule has 0 aliphatic heterocycles. The molecule has 0 fully saturated rings. The van der Waals surface area contributed by atoms with Gasteiger partial charge in [-0.1, -0.05) is 6.42 Å². The summed E-state index contributed by atoms with van der Waals surface area (Å²) in [6, 6.07) is 0. The number of hydrogen-bond acceptors (Lipinski definition) is 3. The summed E-state index contributed by atoms with van der Waals surface area (Å²) in [6.07, 6.45) is -5.94. The Bertz CT molecular complexity index is 278. The fourth-order valence-corrected chi connectivity index (χ4v) is 1.41. The summed E-state index contributed by atoms with van der Waals surface area (Å²) in [5.74, 6) is 0. The number of alkyl halides is 4. The van der Waals surface area contributed by atoms with Gasteiger partial charge in [0, 0.05) is 6.42 Å². The van der Waals surface area contributed by atoms with Crippen LogP contribution in [0.4, 0.5) is 17.6 Å².